The molecule has 4 heteroatoms. The van der Waals surface area contributed by atoms with Gasteiger partial charge in [-0.1, -0.05) is 6.92 Å². The molecule has 1 N–H and O–H groups in total. The number of rotatable bonds is 3. The number of hydrogen-bond donors (Lipinski definition) is 1. The molecule has 0 unspecified atom stereocenters. The molecular formula is C12H16N2O2. The lowest BCUT2D eigenvalue weighted by atomic mass is 9.81. The van der Waals surface area contributed by atoms with Crippen LogP contribution in [0.5, 0.6) is 0 Å². The Morgan fingerprint density at radius 2 is 2.12 bits per heavy atom. The standard InChI is InChI=1S/C12H16N2O2/c1-8-5-10(6-8)13-12-4-3-11(14(15)16)7-9(12)2/h3-4,7-8,10,13H,5-6H2,1-2H3. The second-order valence-electron chi connectivity index (χ2n) is 4.67. The summed E-state index contributed by atoms with van der Waals surface area (Å²) in [5.41, 5.74) is 2.11. The van der Waals surface area contributed by atoms with Crippen LogP contribution in [0.15, 0.2) is 18.2 Å². The van der Waals surface area contributed by atoms with Crippen molar-refractivity contribution in [3.05, 3.63) is 33.9 Å². The highest BCUT2D eigenvalue weighted by atomic mass is 16.6. The maximum absolute atomic E-state index is 10.6. The van der Waals surface area contributed by atoms with E-state index >= 15 is 0 Å². The number of nitrogens with one attached hydrogen (secondary N) is 1. The fourth-order valence-corrected chi connectivity index (χ4v) is 2.16. The number of non-ortho nitro benzene ring substituents is 1. The Morgan fingerprint density at radius 3 is 2.62 bits per heavy atom. The number of benzene rings is 1. The average molecular weight is 220 g/mol. The fraction of sp³-hybridized carbons (Fsp3) is 0.500. The van der Waals surface area contributed by atoms with Crippen LogP contribution in [0, 0.1) is 23.0 Å². The number of anilines is 1. The topological polar surface area (TPSA) is 55.2 Å². The van der Waals surface area contributed by atoms with Crippen molar-refractivity contribution in [3.63, 3.8) is 0 Å². The summed E-state index contributed by atoms with van der Waals surface area (Å²) in [4.78, 5) is 10.2. The number of aryl methyl sites for hydroxylation is 1. The second-order valence-corrected chi connectivity index (χ2v) is 4.67. The van der Waals surface area contributed by atoms with Crippen molar-refractivity contribution in [2.24, 2.45) is 5.92 Å². The largest absolute Gasteiger partial charge is 0.382 e. The van der Waals surface area contributed by atoms with Crippen molar-refractivity contribution in [2.45, 2.75) is 32.7 Å². The lowest BCUT2D eigenvalue weighted by molar-refractivity contribution is -0.384. The van der Waals surface area contributed by atoms with Crippen molar-refractivity contribution in [1.82, 2.24) is 0 Å². The lowest BCUT2D eigenvalue weighted by Crippen LogP contribution is -2.33. The Bertz CT molecular complexity index is 411. The Labute approximate surface area is 94.8 Å². The SMILES string of the molecule is Cc1cc([N+](=O)[O-])ccc1NC1CC(C)C1. The van der Waals surface area contributed by atoms with Gasteiger partial charge in [0.15, 0.2) is 0 Å². The molecule has 16 heavy (non-hydrogen) atoms. The fourth-order valence-electron chi connectivity index (χ4n) is 2.16. The lowest BCUT2D eigenvalue weighted by Gasteiger charge is -2.34. The molecule has 86 valence electrons. The third kappa shape index (κ3) is 2.15. The molecule has 0 spiro atoms. The number of hydrogen-bond acceptors (Lipinski definition) is 3. The van der Waals surface area contributed by atoms with Gasteiger partial charge in [0.05, 0.1) is 4.92 Å². The Hall–Kier alpha value is -1.58. The zero-order valence-corrected chi connectivity index (χ0v) is 9.56. The van der Waals surface area contributed by atoms with Crippen LogP contribution in [-0.2, 0) is 0 Å². The average Bonchev–Trinajstić information content (AvgIpc) is 2.18. The van der Waals surface area contributed by atoms with Gasteiger partial charge in [0, 0.05) is 23.9 Å². The summed E-state index contributed by atoms with van der Waals surface area (Å²) in [6, 6.07) is 5.51. The number of nitro benzene ring substituents is 1. The van der Waals surface area contributed by atoms with E-state index in [-0.39, 0.29) is 10.6 Å². The summed E-state index contributed by atoms with van der Waals surface area (Å²) in [5, 5.41) is 14.0. The second kappa shape index (κ2) is 4.12. The van der Waals surface area contributed by atoms with Gasteiger partial charge < -0.3 is 5.32 Å². The van der Waals surface area contributed by atoms with Crippen molar-refractivity contribution >= 4 is 11.4 Å². The molecule has 1 aliphatic rings. The predicted molar refractivity (Wildman–Crippen MR) is 63.6 cm³/mol. The molecule has 1 aromatic rings. The third-order valence-electron chi connectivity index (χ3n) is 3.15. The van der Waals surface area contributed by atoms with Crippen LogP contribution in [0.3, 0.4) is 0 Å². The van der Waals surface area contributed by atoms with Gasteiger partial charge in [-0.3, -0.25) is 10.1 Å². The highest BCUT2D eigenvalue weighted by molar-refractivity contribution is 5.56. The van der Waals surface area contributed by atoms with E-state index in [2.05, 4.69) is 12.2 Å². The first-order valence-corrected chi connectivity index (χ1v) is 5.58. The highest BCUT2D eigenvalue weighted by Crippen LogP contribution is 2.31. The van der Waals surface area contributed by atoms with E-state index in [9.17, 15) is 10.1 Å². The summed E-state index contributed by atoms with van der Waals surface area (Å²) >= 11 is 0. The van der Waals surface area contributed by atoms with Gasteiger partial charge in [-0.05, 0) is 37.3 Å². The molecule has 1 aliphatic carbocycles. The number of nitrogens with zero attached hydrogens (tertiary/aromatic N) is 1. The third-order valence-corrected chi connectivity index (χ3v) is 3.15. The van der Waals surface area contributed by atoms with Gasteiger partial charge >= 0.3 is 0 Å². The van der Waals surface area contributed by atoms with Crippen LogP contribution in [0.25, 0.3) is 0 Å². The number of nitro groups is 1. The maximum atomic E-state index is 10.6. The smallest absolute Gasteiger partial charge is 0.269 e. The molecule has 0 bridgehead atoms. The van der Waals surface area contributed by atoms with Gasteiger partial charge in [0.25, 0.3) is 5.69 Å². The molecule has 1 aromatic carbocycles. The van der Waals surface area contributed by atoms with E-state index in [1.807, 2.05) is 6.92 Å². The summed E-state index contributed by atoms with van der Waals surface area (Å²) in [6.07, 6.45) is 2.38. The van der Waals surface area contributed by atoms with Crippen LogP contribution in [0.4, 0.5) is 11.4 Å². The van der Waals surface area contributed by atoms with E-state index in [4.69, 9.17) is 0 Å². The molecule has 1 fully saturated rings. The van der Waals surface area contributed by atoms with Crippen molar-refractivity contribution < 1.29 is 4.92 Å². The van der Waals surface area contributed by atoms with Gasteiger partial charge in [-0.25, -0.2) is 0 Å². The minimum absolute atomic E-state index is 0.157. The molecule has 0 atom stereocenters. The Kier molecular flexibility index (Phi) is 2.81. The van der Waals surface area contributed by atoms with Crippen LogP contribution in [0.1, 0.15) is 25.3 Å². The van der Waals surface area contributed by atoms with Gasteiger partial charge in [-0.15, -0.1) is 0 Å². The minimum Gasteiger partial charge on any atom is -0.382 e. The van der Waals surface area contributed by atoms with Crippen molar-refractivity contribution in [2.75, 3.05) is 5.32 Å². The molecular weight excluding hydrogens is 204 g/mol. The molecule has 0 saturated heterocycles. The van der Waals surface area contributed by atoms with Gasteiger partial charge in [0.1, 0.15) is 0 Å². The van der Waals surface area contributed by atoms with E-state index in [0.29, 0.717) is 6.04 Å². The Morgan fingerprint density at radius 1 is 1.44 bits per heavy atom. The minimum atomic E-state index is -0.359. The van der Waals surface area contributed by atoms with Crippen LogP contribution in [-0.4, -0.2) is 11.0 Å². The molecule has 1 saturated carbocycles. The van der Waals surface area contributed by atoms with Crippen molar-refractivity contribution in [1.29, 1.82) is 0 Å². The van der Waals surface area contributed by atoms with E-state index in [0.717, 1.165) is 17.2 Å². The molecule has 0 aromatic heterocycles. The van der Waals surface area contributed by atoms with Gasteiger partial charge in [0.2, 0.25) is 0 Å². The van der Waals surface area contributed by atoms with Crippen LogP contribution >= 0.6 is 0 Å². The summed E-state index contributed by atoms with van der Waals surface area (Å²) in [7, 11) is 0. The maximum Gasteiger partial charge on any atom is 0.269 e. The molecule has 0 amide bonds. The summed E-state index contributed by atoms with van der Waals surface area (Å²) in [5.74, 6) is 0.802. The monoisotopic (exact) mass is 220 g/mol. The summed E-state index contributed by atoms with van der Waals surface area (Å²) in [6.45, 7) is 4.14. The zero-order chi connectivity index (χ0) is 11.7. The predicted octanol–water partition coefficient (Wildman–Crippen LogP) is 3.11. The molecule has 2 rings (SSSR count). The molecule has 4 nitrogen and oxygen atoms in total. The zero-order valence-electron chi connectivity index (χ0n) is 9.56. The van der Waals surface area contributed by atoms with E-state index in [1.165, 1.54) is 12.8 Å². The highest BCUT2D eigenvalue weighted by Gasteiger charge is 2.25. The summed E-state index contributed by atoms with van der Waals surface area (Å²) < 4.78 is 0. The van der Waals surface area contributed by atoms with E-state index < -0.39 is 0 Å². The molecule has 0 heterocycles. The molecule has 0 radical (unpaired) electrons. The van der Waals surface area contributed by atoms with Gasteiger partial charge in [-0.2, -0.15) is 0 Å². The van der Waals surface area contributed by atoms with Crippen LogP contribution < -0.4 is 5.32 Å². The first kappa shape index (κ1) is 10.9. The quantitative estimate of drug-likeness (QED) is 0.629. The van der Waals surface area contributed by atoms with Crippen molar-refractivity contribution in [3.8, 4) is 0 Å². The Balaban J connectivity index is 2.07. The van der Waals surface area contributed by atoms with E-state index in [1.54, 1.807) is 18.2 Å². The molecule has 0 aliphatic heterocycles. The first-order valence-electron chi connectivity index (χ1n) is 5.58. The van der Waals surface area contributed by atoms with Crippen LogP contribution in [0.2, 0.25) is 0 Å². The first-order chi connectivity index (χ1) is 7.56. The normalized spacial score (nSPS) is 23.6.